The first kappa shape index (κ1) is 25.5. The molecule has 4 aromatic rings. The molecule has 0 unspecified atom stereocenters. The predicted octanol–water partition coefficient (Wildman–Crippen LogP) is 2.62. The first-order valence-corrected chi connectivity index (χ1v) is 11.4. The van der Waals surface area contributed by atoms with Gasteiger partial charge in [-0.05, 0) is 59.2 Å². The number of amidine groups is 1. The summed E-state index contributed by atoms with van der Waals surface area (Å²) in [7, 11) is 0. The van der Waals surface area contributed by atoms with E-state index in [0.29, 0.717) is 39.3 Å². The number of hydrogen-bond acceptors (Lipinski definition) is 9. The lowest BCUT2D eigenvalue weighted by Gasteiger charge is -2.13. The van der Waals surface area contributed by atoms with Gasteiger partial charge in [0.25, 0.3) is 16.8 Å². The number of anilines is 2. The number of aromatic hydroxyl groups is 1. The van der Waals surface area contributed by atoms with Crippen LogP contribution in [0.2, 0.25) is 0 Å². The Bertz CT molecular complexity index is 1660. The van der Waals surface area contributed by atoms with Crippen molar-refractivity contribution in [3.63, 3.8) is 0 Å². The summed E-state index contributed by atoms with van der Waals surface area (Å²) >= 11 is 0. The first-order chi connectivity index (χ1) is 18.6. The maximum atomic E-state index is 12.7. The monoisotopic (exact) mass is 536 g/mol. The fraction of sp³-hybridized carbons (Fsp3) is 0.0769. The Hall–Kier alpha value is -5.17. The van der Waals surface area contributed by atoms with Crippen LogP contribution in [0.25, 0.3) is 11.1 Å². The number of carbonyl (C=O) groups excluding carboxylic acids is 1. The van der Waals surface area contributed by atoms with Gasteiger partial charge < -0.3 is 15.7 Å². The van der Waals surface area contributed by atoms with Crippen molar-refractivity contribution in [3.8, 4) is 16.9 Å². The minimum absolute atomic E-state index is 0.0525. The van der Waals surface area contributed by atoms with E-state index in [1.807, 2.05) is 0 Å². The summed E-state index contributed by atoms with van der Waals surface area (Å²) in [6, 6.07) is 16.3. The molecule has 0 aromatic heterocycles. The summed E-state index contributed by atoms with van der Waals surface area (Å²) < 4.78 is 38.2. The number of benzene rings is 3. The number of alkyl halides is 3. The van der Waals surface area contributed by atoms with E-state index in [-0.39, 0.29) is 12.2 Å². The van der Waals surface area contributed by atoms with Crippen LogP contribution in [0.15, 0.2) is 81.4 Å². The number of amides is 1. The molecule has 39 heavy (non-hydrogen) atoms. The van der Waals surface area contributed by atoms with Crippen LogP contribution in [0.3, 0.4) is 0 Å². The normalized spacial score (nSPS) is 12.9. The third-order valence-corrected chi connectivity index (χ3v) is 5.98. The Morgan fingerprint density at radius 2 is 1.59 bits per heavy atom. The van der Waals surface area contributed by atoms with Gasteiger partial charge >= 0.3 is 6.18 Å². The second-order valence-corrected chi connectivity index (χ2v) is 8.58. The van der Waals surface area contributed by atoms with Crippen LogP contribution in [-0.2, 0) is 12.7 Å². The molecule has 0 bridgehead atoms. The third kappa shape index (κ3) is 5.29. The van der Waals surface area contributed by atoms with E-state index in [1.165, 1.54) is 12.1 Å². The molecule has 6 N–H and O–H groups in total. The Morgan fingerprint density at radius 1 is 0.897 bits per heavy atom. The number of halogens is 3. The Kier molecular flexibility index (Phi) is 6.50. The molecule has 1 aliphatic heterocycles. The topological polar surface area (TPSA) is 144 Å². The van der Waals surface area contributed by atoms with Crippen LogP contribution in [0.1, 0.15) is 27.0 Å². The quantitative estimate of drug-likeness (QED) is 0.198. The van der Waals surface area contributed by atoms with Gasteiger partial charge in [0.15, 0.2) is 11.6 Å². The van der Waals surface area contributed by atoms with Crippen LogP contribution in [-0.4, -0.2) is 16.8 Å². The second-order valence-electron chi connectivity index (χ2n) is 8.58. The molecule has 198 valence electrons. The SMILES string of the molecule is O=C(NCc1ccc(C(F)(F)F)cc1)c1ccc(-c2cc(Nc3c(O)c(=O)c3=O)cc(C3=NNNN3)c2)cc1. The number of hydrazine groups is 2. The highest BCUT2D eigenvalue weighted by Crippen LogP contribution is 2.30. The molecule has 10 nitrogen and oxygen atoms in total. The van der Waals surface area contributed by atoms with Gasteiger partial charge in [-0.3, -0.25) is 19.8 Å². The van der Waals surface area contributed by atoms with Gasteiger partial charge in [0, 0.05) is 23.4 Å². The fourth-order valence-electron chi connectivity index (χ4n) is 3.89. The number of nitrogens with one attached hydrogen (secondary N) is 5. The highest BCUT2D eigenvalue weighted by molar-refractivity contribution is 6.01. The van der Waals surface area contributed by atoms with Gasteiger partial charge in [-0.2, -0.15) is 13.2 Å². The van der Waals surface area contributed by atoms with E-state index >= 15 is 0 Å². The van der Waals surface area contributed by atoms with Crippen LogP contribution >= 0.6 is 0 Å². The van der Waals surface area contributed by atoms with E-state index < -0.39 is 34.3 Å². The molecule has 0 atom stereocenters. The van der Waals surface area contributed by atoms with Gasteiger partial charge in [0.1, 0.15) is 5.69 Å². The maximum Gasteiger partial charge on any atom is 0.416 e. The minimum Gasteiger partial charge on any atom is -0.502 e. The molecular weight excluding hydrogens is 517 g/mol. The van der Waals surface area contributed by atoms with Gasteiger partial charge in [-0.25, -0.2) is 5.53 Å². The lowest BCUT2D eigenvalue weighted by atomic mass is 10.00. The van der Waals surface area contributed by atoms with Crippen molar-refractivity contribution < 1.29 is 23.1 Å². The van der Waals surface area contributed by atoms with E-state index in [1.54, 1.807) is 42.5 Å². The fourth-order valence-corrected chi connectivity index (χ4v) is 3.89. The summed E-state index contributed by atoms with van der Waals surface area (Å²) in [5, 5.41) is 19.2. The zero-order chi connectivity index (χ0) is 27.7. The van der Waals surface area contributed by atoms with Crippen molar-refractivity contribution in [2.45, 2.75) is 12.7 Å². The molecule has 5 rings (SSSR count). The number of rotatable bonds is 7. The van der Waals surface area contributed by atoms with E-state index in [2.05, 4.69) is 32.2 Å². The molecule has 0 fully saturated rings. The van der Waals surface area contributed by atoms with Gasteiger partial charge in [-0.15, -0.1) is 10.6 Å². The molecule has 0 aliphatic carbocycles. The number of nitrogens with zero attached hydrogens (tertiary/aromatic N) is 1. The Balaban J connectivity index is 1.33. The second kappa shape index (κ2) is 9.95. The molecule has 4 aromatic carbocycles. The zero-order valence-corrected chi connectivity index (χ0v) is 19.8. The highest BCUT2D eigenvalue weighted by atomic mass is 19.4. The van der Waals surface area contributed by atoms with Crippen molar-refractivity contribution in [2.24, 2.45) is 5.10 Å². The first-order valence-electron chi connectivity index (χ1n) is 11.4. The minimum atomic E-state index is -4.43. The van der Waals surface area contributed by atoms with E-state index in [9.17, 15) is 32.7 Å². The van der Waals surface area contributed by atoms with Gasteiger partial charge in [0.05, 0.1) is 5.56 Å². The summed E-state index contributed by atoms with van der Waals surface area (Å²) in [5.41, 5.74) is 8.45. The van der Waals surface area contributed by atoms with Crippen LogP contribution < -0.4 is 38.0 Å². The van der Waals surface area contributed by atoms with Crippen LogP contribution in [0.4, 0.5) is 24.5 Å². The average molecular weight is 536 g/mol. The molecule has 0 radical (unpaired) electrons. The molecule has 1 heterocycles. The van der Waals surface area contributed by atoms with Crippen LogP contribution in [0, 0.1) is 0 Å². The molecule has 0 saturated carbocycles. The number of hydrogen-bond donors (Lipinski definition) is 6. The molecular formula is C26H19F3N6O4. The highest BCUT2D eigenvalue weighted by Gasteiger charge is 2.30. The van der Waals surface area contributed by atoms with Crippen LogP contribution in [0.5, 0.6) is 5.75 Å². The molecule has 1 amide bonds. The predicted molar refractivity (Wildman–Crippen MR) is 137 cm³/mol. The third-order valence-electron chi connectivity index (χ3n) is 5.98. The van der Waals surface area contributed by atoms with Crippen molar-refractivity contribution in [1.82, 2.24) is 21.8 Å². The summed E-state index contributed by atoms with van der Waals surface area (Å²) in [6.45, 7) is 0.0525. The molecule has 0 saturated heterocycles. The van der Waals surface area contributed by atoms with Crippen molar-refractivity contribution >= 4 is 23.1 Å². The summed E-state index contributed by atoms with van der Waals surface area (Å²) in [4.78, 5) is 35.8. The van der Waals surface area contributed by atoms with Gasteiger partial charge in [0.2, 0.25) is 0 Å². The maximum absolute atomic E-state index is 12.7. The van der Waals surface area contributed by atoms with E-state index in [4.69, 9.17) is 0 Å². The number of hydrazone groups is 1. The standard InChI is InChI=1S/C26H19F3N6O4/c27-26(28,29)18-7-1-13(2-8-18)12-30-25(39)15-5-3-14(4-6-15)16-9-17(24-32-34-35-33-24)11-19(10-16)31-20-21(36)23(38)22(20)37/h1-11,31,34-36H,12H2,(H,30,39)(H,32,33). The smallest absolute Gasteiger partial charge is 0.416 e. The van der Waals surface area contributed by atoms with Crippen molar-refractivity contribution in [3.05, 3.63) is 109 Å². The van der Waals surface area contributed by atoms with Crippen molar-refractivity contribution in [1.29, 1.82) is 0 Å². The van der Waals surface area contributed by atoms with Crippen molar-refractivity contribution in [2.75, 3.05) is 5.32 Å². The largest absolute Gasteiger partial charge is 0.502 e. The van der Waals surface area contributed by atoms with Gasteiger partial charge in [-0.1, -0.05) is 24.3 Å². The molecule has 1 aliphatic rings. The molecule has 0 spiro atoms. The average Bonchev–Trinajstić information content (AvgIpc) is 3.49. The summed E-state index contributed by atoms with van der Waals surface area (Å²) in [6.07, 6.45) is -4.43. The Labute approximate surface area is 217 Å². The molecule has 13 heteroatoms. The zero-order valence-electron chi connectivity index (χ0n) is 19.8. The summed E-state index contributed by atoms with van der Waals surface area (Å²) in [5.74, 6) is -0.610. The lowest BCUT2D eigenvalue weighted by molar-refractivity contribution is -0.137. The lowest BCUT2D eigenvalue weighted by Crippen LogP contribution is -2.35. The number of carbonyl (C=O) groups is 1. The van der Waals surface area contributed by atoms with E-state index in [0.717, 1.165) is 12.1 Å². The Morgan fingerprint density at radius 3 is 2.21 bits per heavy atom.